The highest BCUT2D eigenvalue weighted by molar-refractivity contribution is 7.07. The molecular weight excluding hydrogens is 248 g/mol. The summed E-state index contributed by atoms with van der Waals surface area (Å²) in [6, 6.07) is 0. The van der Waals surface area contributed by atoms with Gasteiger partial charge in [0, 0.05) is 17.3 Å². The number of rotatable bonds is 5. The normalized spacial score (nSPS) is 11.9. The first kappa shape index (κ1) is 13.2. The van der Waals surface area contributed by atoms with Crippen LogP contribution in [-0.2, 0) is 6.42 Å². The minimum Gasteiger partial charge on any atom is -0.419 e. The van der Waals surface area contributed by atoms with Gasteiger partial charge in [0.05, 0.1) is 5.51 Å². The Bertz CT molecular complexity index is 472. The van der Waals surface area contributed by atoms with E-state index in [1.807, 2.05) is 5.38 Å². The van der Waals surface area contributed by atoms with Crippen LogP contribution in [-0.4, -0.2) is 27.3 Å². The largest absolute Gasteiger partial charge is 0.419 e. The molecular formula is C12H18N4OS. The smallest absolute Gasteiger partial charge is 0.267 e. The first-order valence-electron chi connectivity index (χ1n) is 6.00. The van der Waals surface area contributed by atoms with E-state index in [-0.39, 0.29) is 5.54 Å². The Balaban J connectivity index is 1.81. The minimum atomic E-state index is 0.153. The van der Waals surface area contributed by atoms with Crippen LogP contribution in [0.25, 0.3) is 11.6 Å². The van der Waals surface area contributed by atoms with Gasteiger partial charge in [-0.2, -0.15) is 0 Å². The van der Waals surface area contributed by atoms with Crippen LogP contribution in [0.2, 0.25) is 0 Å². The van der Waals surface area contributed by atoms with Crippen molar-refractivity contribution in [2.45, 2.75) is 39.2 Å². The average molecular weight is 266 g/mol. The second kappa shape index (κ2) is 5.58. The lowest BCUT2D eigenvalue weighted by Gasteiger charge is -2.19. The maximum Gasteiger partial charge on any atom is 0.267 e. The standard InChI is InChI=1S/C12H18N4OS/c1-12(2,3)14-6-4-5-10-15-16-11(17-10)9-7-18-8-13-9/h7-8,14H,4-6H2,1-3H3. The summed E-state index contributed by atoms with van der Waals surface area (Å²) in [5.41, 5.74) is 2.67. The lowest BCUT2D eigenvalue weighted by Crippen LogP contribution is -2.36. The van der Waals surface area contributed by atoms with Crippen molar-refractivity contribution in [1.82, 2.24) is 20.5 Å². The molecule has 0 fully saturated rings. The summed E-state index contributed by atoms with van der Waals surface area (Å²) in [5.74, 6) is 1.18. The number of nitrogens with zero attached hydrogens (tertiary/aromatic N) is 3. The molecule has 0 aliphatic heterocycles. The molecule has 0 aromatic carbocycles. The molecule has 0 spiro atoms. The zero-order valence-corrected chi connectivity index (χ0v) is 11.8. The Morgan fingerprint density at radius 3 is 2.83 bits per heavy atom. The summed E-state index contributed by atoms with van der Waals surface area (Å²) >= 11 is 1.52. The van der Waals surface area contributed by atoms with Gasteiger partial charge in [-0.15, -0.1) is 21.5 Å². The highest BCUT2D eigenvalue weighted by Gasteiger charge is 2.11. The van der Waals surface area contributed by atoms with Crippen molar-refractivity contribution in [3.63, 3.8) is 0 Å². The molecule has 0 bridgehead atoms. The topological polar surface area (TPSA) is 63.8 Å². The summed E-state index contributed by atoms with van der Waals surface area (Å²) in [5, 5.41) is 13.3. The molecule has 98 valence electrons. The Morgan fingerprint density at radius 1 is 1.33 bits per heavy atom. The molecule has 2 heterocycles. The third-order valence-corrected chi connectivity index (χ3v) is 2.93. The summed E-state index contributed by atoms with van der Waals surface area (Å²) in [7, 11) is 0. The lowest BCUT2D eigenvalue weighted by atomic mass is 10.1. The second-order valence-corrected chi connectivity index (χ2v) is 5.87. The Hall–Kier alpha value is -1.27. The first-order valence-corrected chi connectivity index (χ1v) is 6.95. The van der Waals surface area contributed by atoms with E-state index < -0.39 is 0 Å². The van der Waals surface area contributed by atoms with E-state index in [0.717, 1.165) is 25.1 Å². The molecule has 0 aliphatic rings. The molecule has 2 aromatic heterocycles. The average Bonchev–Trinajstić information content (AvgIpc) is 2.93. The van der Waals surface area contributed by atoms with Crippen molar-refractivity contribution in [3.05, 3.63) is 16.8 Å². The molecule has 0 amide bonds. The summed E-state index contributed by atoms with van der Waals surface area (Å²) in [4.78, 5) is 4.14. The Kier molecular flexibility index (Phi) is 4.08. The number of thiazole rings is 1. The maximum atomic E-state index is 5.55. The fraction of sp³-hybridized carbons (Fsp3) is 0.583. The van der Waals surface area contributed by atoms with Crippen LogP contribution in [0.4, 0.5) is 0 Å². The summed E-state index contributed by atoms with van der Waals surface area (Å²) < 4.78 is 5.55. The highest BCUT2D eigenvalue weighted by Crippen LogP contribution is 2.17. The van der Waals surface area contributed by atoms with Crippen molar-refractivity contribution in [2.75, 3.05) is 6.54 Å². The zero-order valence-electron chi connectivity index (χ0n) is 10.9. The number of hydrogen-bond donors (Lipinski definition) is 1. The van der Waals surface area contributed by atoms with Crippen molar-refractivity contribution >= 4 is 11.3 Å². The zero-order chi connectivity index (χ0) is 13.0. The number of aryl methyl sites for hydroxylation is 1. The van der Waals surface area contributed by atoms with Crippen molar-refractivity contribution in [2.24, 2.45) is 0 Å². The molecule has 1 N–H and O–H groups in total. The lowest BCUT2D eigenvalue weighted by molar-refractivity contribution is 0.412. The van der Waals surface area contributed by atoms with E-state index in [2.05, 4.69) is 41.3 Å². The fourth-order valence-electron chi connectivity index (χ4n) is 1.48. The van der Waals surface area contributed by atoms with Crippen LogP contribution < -0.4 is 5.32 Å². The van der Waals surface area contributed by atoms with E-state index in [0.29, 0.717) is 11.8 Å². The summed E-state index contributed by atoms with van der Waals surface area (Å²) in [6.07, 6.45) is 1.77. The third kappa shape index (κ3) is 3.89. The van der Waals surface area contributed by atoms with Crippen LogP contribution in [0.1, 0.15) is 33.1 Å². The van der Waals surface area contributed by atoms with E-state index in [1.165, 1.54) is 11.3 Å². The van der Waals surface area contributed by atoms with Crippen LogP contribution >= 0.6 is 11.3 Å². The third-order valence-electron chi connectivity index (χ3n) is 2.34. The van der Waals surface area contributed by atoms with Crippen molar-refractivity contribution in [3.8, 4) is 11.6 Å². The van der Waals surface area contributed by atoms with Crippen molar-refractivity contribution < 1.29 is 4.42 Å². The van der Waals surface area contributed by atoms with Crippen LogP contribution in [0, 0.1) is 0 Å². The first-order chi connectivity index (χ1) is 8.54. The SMILES string of the molecule is CC(C)(C)NCCCc1nnc(-c2cscn2)o1. The molecule has 18 heavy (non-hydrogen) atoms. The number of nitrogens with one attached hydrogen (secondary N) is 1. The van der Waals surface area contributed by atoms with Gasteiger partial charge in [-0.3, -0.25) is 0 Å². The molecule has 2 aromatic rings. The Labute approximate surface area is 111 Å². The molecule has 0 radical (unpaired) electrons. The van der Waals surface area contributed by atoms with Gasteiger partial charge in [-0.05, 0) is 33.7 Å². The monoisotopic (exact) mass is 266 g/mol. The molecule has 0 saturated heterocycles. The molecule has 6 heteroatoms. The highest BCUT2D eigenvalue weighted by atomic mass is 32.1. The predicted octanol–water partition coefficient (Wildman–Crippen LogP) is 2.51. The van der Waals surface area contributed by atoms with E-state index >= 15 is 0 Å². The van der Waals surface area contributed by atoms with Gasteiger partial charge in [0.2, 0.25) is 5.89 Å². The van der Waals surface area contributed by atoms with Gasteiger partial charge < -0.3 is 9.73 Å². The van der Waals surface area contributed by atoms with Gasteiger partial charge in [0.25, 0.3) is 5.89 Å². The molecule has 0 atom stereocenters. The number of hydrogen-bond acceptors (Lipinski definition) is 6. The predicted molar refractivity (Wildman–Crippen MR) is 71.5 cm³/mol. The van der Waals surface area contributed by atoms with Crippen molar-refractivity contribution in [1.29, 1.82) is 0 Å². The van der Waals surface area contributed by atoms with E-state index in [9.17, 15) is 0 Å². The van der Waals surface area contributed by atoms with Gasteiger partial charge >= 0.3 is 0 Å². The van der Waals surface area contributed by atoms with Gasteiger partial charge in [0.1, 0.15) is 5.69 Å². The molecule has 0 saturated carbocycles. The van der Waals surface area contributed by atoms with E-state index in [4.69, 9.17) is 4.42 Å². The Morgan fingerprint density at radius 2 is 2.17 bits per heavy atom. The second-order valence-electron chi connectivity index (χ2n) is 5.15. The van der Waals surface area contributed by atoms with Crippen LogP contribution in [0.3, 0.4) is 0 Å². The molecule has 0 unspecified atom stereocenters. The van der Waals surface area contributed by atoms with Gasteiger partial charge in [0.15, 0.2) is 0 Å². The maximum absolute atomic E-state index is 5.55. The number of aromatic nitrogens is 3. The van der Waals surface area contributed by atoms with Gasteiger partial charge in [-0.1, -0.05) is 0 Å². The molecule has 5 nitrogen and oxygen atoms in total. The quantitative estimate of drug-likeness (QED) is 0.842. The van der Waals surface area contributed by atoms with Crippen LogP contribution in [0.15, 0.2) is 15.3 Å². The molecule has 2 rings (SSSR count). The van der Waals surface area contributed by atoms with Crippen LogP contribution in [0.5, 0.6) is 0 Å². The van der Waals surface area contributed by atoms with E-state index in [1.54, 1.807) is 5.51 Å². The summed E-state index contributed by atoms with van der Waals surface area (Å²) in [6.45, 7) is 7.40. The minimum absolute atomic E-state index is 0.153. The fourth-order valence-corrected chi connectivity index (χ4v) is 2.01. The van der Waals surface area contributed by atoms with Gasteiger partial charge in [-0.25, -0.2) is 4.98 Å². The molecule has 0 aliphatic carbocycles.